The Labute approximate surface area is 292 Å². The second-order valence-corrected chi connectivity index (χ2v) is 11.9. The summed E-state index contributed by atoms with van der Waals surface area (Å²) in [6.45, 7) is 3.91. The highest BCUT2D eigenvalue weighted by atomic mass is 16.7. The van der Waals surface area contributed by atoms with E-state index in [2.05, 4.69) is 10.6 Å². The molecule has 2 amide bonds. The number of benzene rings is 1. The first-order chi connectivity index (χ1) is 23.9. The predicted molar refractivity (Wildman–Crippen MR) is 184 cm³/mol. The van der Waals surface area contributed by atoms with Gasteiger partial charge in [0, 0.05) is 54.2 Å². The van der Waals surface area contributed by atoms with Crippen molar-refractivity contribution in [3.63, 3.8) is 0 Å². The van der Waals surface area contributed by atoms with Crippen molar-refractivity contribution in [1.82, 2.24) is 5.32 Å². The number of carbonyl (C=O) groups excluding carboxylic acids is 5. The Balaban J connectivity index is 1.83. The molecule has 2 N–H and O–H groups in total. The number of Topliss-reactive ketones (excluding diaryl/α,β-unsaturated/α-hetero) is 1. The lowest BCUT2D eigenvalue weighted by Gasteiger charge is -2.34. The van der Waals surface area contributed by atoms with Crippen molar-refractivity contribution in [3.05, 3.63) is 64.6 Å². The molecule has 0 spiro atoms. The van der Waals surface area contributed by atoms with E-state index >= 15 is 0 Å². The maximum absolute atomic E-state index is 13.7. The summed E-state index contributed by atoms with van der Waals surface area (Å²) in [7, 11) is 7.21. The van der Waals surface area contributed by atoms with Crippen molar-refractivity contribution in [2.75, 3.05) is 64.8 Å². The Hall–Kier alpha value is -5.40. The molecule has 1 aromatic carbocycles. The zero-order chi connectivity index (χ0) is 36.8. The van der Waals surface area contributed by atoms with Gasteiger partial charge in [0.15, 0.2) is 5.78 Å². The van der Waals surface area contributed by atoms with Crippen LogP contribution in [0.5, 0.6) is 0 Å². The average Bonchev–Trinajstić information content (AvgIpc) is 3.06. The number of ether oxygens (including phenoxy) is 4. The van der Waals surface area contributed by atoms with Gasteiger partial charge < -0.3 is 39.6 Å². The van der Waals surface area contributed by atoms with Crippen LogP contribution in [0.25, 0.3) is 5.57 Å². The van der Waals surface area contributed by atoms with Crippen LogP contribution in [0.15, 0.2) is 59.0 Å². The van der Waals surface area contributed by atoms with Crippen LogP contribution in [0.4, 0.5) is 21.0 Å². The first-order valence-corrected chi connectivity index (χ1v) is 16.5. The Morgan fingerprint density at radius 2 is 1.36 bits per heavy atom. The van der Waals surface area contributed by atoms with Crippen LogP contribution in [-0.2, 0) is 33.3 Å². The van der Waals surface area contributed by atoms with Gasteiger partial charge in [0.25, 0.3) is 0 Å². The van der Waals surface area contributed by atoms with E-state index in [0.29, 0.717) is 24.2 Å². The first-order valence-electron chi connectivity index (χ1n) is 16.5. The van der Waals surface area contributed by atoms with Crippen LogP contribution in [-0.4, -0.2) is 94.8 Å². The number of nitrogens with zero attached hydrogens (tertiary/aromatic N) is 2. The van der Waals surface area contributed by atoms with Crippen molar-refractivity contribution in [1.29, 1.82) is 0 Å². The van der Waals surface area contributed by atoms with E-state index in [9.17, 15) is 29.1 Å². The van der Waals surface area contributed by atoms with Gasteiger partial charge in [0.2, 0.25) is 17.5 Å². The van der Waals surface area contributed by atoms with Crippen LogP contribution in [0.3, 0.4) is 0 Å². The summed E-state index contributed by atoms with van der Waals surface area (Å²) in [6, 6.07) is 4.93. The van der Waals surface area contributed by atoms with E-state index in [4.69, 9.17) is 18.9 Å². The molecule has 1 aromatic rings. The van der Waals surface area contributed by atoms with E-state index in [1.54, 1.807) is 74.1 Å². The molecule has 2 aliphatic rings. The molecule has 0 fully saturated rings. The van der Waals surface area contributed by atoms with Gasteiger partial charge in [0.05, 0.1) is 37.4 Å². The molecule has 14 nitrogen and oxygen atoms in total. The highest BCUT2D eigenvalue weighted by Gasteiger charge is 2.34. The first kappa shape index (κ1) is 39.0. The van der Waals surface area contributed by atoms with Gasteiger partial charge in [-0.2, -0.15) is 0 Å². The fourth-order valence-corrected chi connectivity index (χ4v) is 4.71. The fraction of sp³-hybridized carbons (Fsp3) is 0.444. The highest BCUT2D eigenvalue weighted by molar-refractivity contribution is 6.40. The van der Waals surface area contributed by atoms with Gasteiger partial charge in [-0.25, -0.2) is 14.2 Å². The lowest BCUT2D eigenvalue weighted by Crippen LogP contribution is -2.34. The van der Waals surface area contributed by atoms with Gasteiger partial charge in [-0.1, -0.05) is 38.5 Å². The lowest BCUT2D eigenvalue weighted by molar-refractivity contribution is -0.462. The van der Waals surface area contributed by atoms with Crippen LogP contribution in [0.1, 0.15) is 57.9 Å². The largest absolute Gasteiger partial charge is 0.871 e. The third-order valence-corrected chi connectivity index (χ3v) is 7.57. The molecule has 0 heterocycles. The number of amides is 2. The summed E-state index contributed by atoms with van der Waals surface area (Å²) in [4.78, 5) is 64.7. The van der Waals surface area contributed by atoms with Crippen LogP contribution in [0, 0.1) is 0 Å². The summed E-state index contributed by atoms with van der Waals surface area (Å²) in [5.74, 6) is -2.13. The maximum atomic E-state index is 13.7. The number of rotatable bonds is 16. The zero-order valence-electron chi connectivity index (χ0n) is 29.5. The SMILES string of the molecule is CCCCOC(=O)OCCC(=O)NC1=CC(=[N+](C)C)C=C/C1=C1\C(=O)C(c2ccc(N(C)C)cc2NC(=O)CCOC(=O)OCCCC)=C1[O-]. The smallest absolute Gasteiger partial charge is 0.508 e. The Bertz CT molecular complexity index is 1630. The van der Waals surface area contributed by atoms with Crippen molar-refractivity contribution < 1.29 is 52.6 Å². The quantitative estimate of drug-likeness (QED) is 0.112. The third kappa shape index (κ3) is 10.8. The monoisotopic (exact) mass is 694 g/mol. The average molecular weight is 695 g/mol. The number of hydrogen-bond acceptors (Lipinski definition) is 11. The standard InChI is InChI=1S/C36H46N4O10/c1-7-9-17-47-35(45)49-19-15-29(41)37-27-21-23(39(3)4)11-13-25(27)31-33(43)32(34(31)44)26-14-12-24(40(5)6)22-28(26)38-30(42)16-20-50-36(46)48-18-10-8-2/h11-14,21-22H,7-10,15-20H2,1-6H3,(H2,37,38,41,42,43,44). The number of anilines is 2. The molecule has 0 saturated carbocycles. The second kappa shape index (κ2) is 19.0. The van der Waals surface area contributed by atoms with E-state index in [1.165, 1.54) is 0 Å². The number of carbonyl (C=O) groups is 5. The molecule has 0 saturated heterocycles. The molecule has 0 bridgehead atoms. The molecule has 0 unspecified atom stereocenters. The van der Waals surface area contributed by atoms with Gasteiger partial charge in [-0.15, -0.1) is 0 Å². The summed E-state index contributed by atoms with van der Waals surface area (Å²) < 4.78 is 21.6. The Morgan fingerprint density at radius 3 is 1.88 bits per heavy atom. The molecule has 14 heteroatoms. The third-order valence-electron chi connectivity index (χ3n) is 7.57. The number of hydrogen-bond donors (Lipinski definition) is 2. The molecule has 3 rings (SSSR count). The number of unbranched alkanes of at least 4 members (excludes halogenated alkanes) is 2. The normalized spacial score (nSPS) is 15.1. The molecular formula is C36H46N4O10. The van der Waals surface area contributed by atoms with Crippen molar-refractivity contribution in [2.24, 2.45) is 0 Å². The Kier molecular flexibility index (Phi) is 14.8. The summed E-state index contributed by atoms with van der Waals surface area (Å²) >= 11 is 0. The van der Waals surface area contributed by atoms with Gasteiger partial charge in [-0.3, -0.25) is 14.4 Å². The molecular weight excluding hydrogens is 648 g/mol. The van der Waals surface area contributed by atoms with Crippen LogP contribution < -0.4 is 20.6 Å². The molecule has 2 aliphatic carbocycles. The predicted octanol–water partition coefficient (Wildman–Crippen LogP) is 3.61. The van der Waals surface area contributed by atoms with Gasteiger partial charge in [-0.05, 0) is 31.1 Å². The van der Waals surface area contributed by atoms with E-state index in [1.807, 2.05) is 13.8 Å². The summed E-state index contributed by atoms with van der Waals surface area (Å²) in [5, 5.41) is 19.2. The summed E-state index contributed by atoms with van der Waals surface area (Å²) in [6.07, 6.45) is 5.93. The zero-order valence-corrected chi connectivity index (χ0v) is 29.5. The van der Waals surface area contributed by atoms with Crippen LogP contribution >= 0.6 is 0 Å². The minimum atomic E-state index is -0.865. The van der Waals surface area contributed by atoms with Crippen molar-refractivity contribution in [2.45, 2.75) is 52.4 Å². The molecule has 270 valence electrons. The fourth-order valence-electron chi connectivity index (χ4n) is 4.71. The molecule has 0 aliphatic heterocycles. The topological polar surface area (TPSA) is 176 Å². The highest BCUT2D eigenvalue weighted by Crippen LogP contribution is 2.42. The minimum Gasteiger partial charge on any atom is -0.871 e. The van der Waals surface area contributed by atoms with Crippen molar-refractivity contribution >= 4 is 52.6 Å². The van der Waals surface area contributed by atoms with E-state index in [-0.39, 0.29) is 72.9 Å². The molecule has 0 aromatic heterocycles. The molecule has 0 atom stereocenters. The number of allylic oxidation sites excluding steroid dienone is 5. The lowest BCUT2D eigenvalue weighted by atomic mass is 9.78. The van der Waals surface area contributed by atoms with Gasteiger partial charge >= 0.3 is 12.3 Å². The van der Waals surface area contributed by atoms with Crippen LogP contribution in [0.2, 0.25) is 0 Å². The molecule has 0 radical (unpaired) electrons. The number of nitrogens with one attached hydrogen (secondary N) is 2. The van der Waals surface area contributed by atoms with Gasteiger partial charge in [0.1, 0.15) is 27.3 Å². The Morgan fingerprint density at radius 1 is 0.800 bits per heavy atom. The number of ketones is 1. The van der Waals surface area contributed by atoms with Crippen molar-refractivity contribution in [3.8, 4) is 0 Å². The van der Waals surface area contributed by atoms with E-state index < -0.39 is 35.7 Å². The minimum absolute atomic E-state index is 0.125. The second-order valence-electron chi connectivity index (χ2n) is 11.9. The maximum Gasteiger partial charge on any atom is 0.508 e. The summed E-state index contributed by atoms with van der Waals surface area (Å²) in [5.41, 5.74) is 2.06. The van der Waals surface area contributed by atoms with E-state index in [0.717, 1.165) is 12.8 Å². The molecule has 50 heavy (non-hydrogen) atoms.